The van der Waals surface area contributed by atoms with Crippen molar-refractivity contribution in [2.75, 3.05) is 23.8 Å². The molecule has 1 amide bonds. The number of fused-ring (bicyclic) bond motifs is 1. The fourth-order valence-corrected chi connectivity index (χ4v) is 5.39. The zero-order valence-corrected chi connectivity index (χ0v) is 19.4. The number of carbonyl (C=O) groups is 1. The van der Waals surface area contributed by atoms with Crippen LogP contribution in [-0.2, 0) is 14.8 Å². The molecule has 1 N–H and O–H groups in total. The van der Waals surface area contributed by atoms with Crippen LogP contribution in [0.5, 0.6) is 5.75 Å². The Bertz CT molecular complexity index is 1360. The van der Waals surface area contributed by atoms with Crippen LogP contribution in [0.15, 0.2) is 71.6 Å². The smallest absolute Gasteiger partial charge is 0.270 e. The zero-order valence-electron chi connectivity index (χ0n) is 17.1. The summed E-state index contributed by atoms with van der Waals surface area (Å²) in [4.78, 5) is 13.1. The molecule has 9 heteroatoms. The molecule has 0 bridgehead atoms. The number of ether oxygens (including phenoxy) is 1. The van der Waals surface area contributed by atoms with E-state index in [0.29, 0.717) is 32.6 Å². The maximum atomic E-state index is 13.5. The summed E-state index contributed by atoms with van der Waals surface area (Å²) in [5.74, 6) is -0.475. The molecule has 6 nitrogen and oxygen atoms in total. The lowest BCUT2D eigenvalue weighted by atomic mass is 9.95. The number of hydrogen-bond donors (Lipinski definition) is 1. The van der Waals surface area contributed by atoms with Gasteiger partial charge < -0.3 is 10.1 Å². The third-order valence-corrected chi connectivity index (χ3v) is 7.38. The van der Waals surface area contributed by atoms with Gasteiger partial charge in [0, 0.05) is 28.2 Å². The number of anilines is 2. The Balaban J connectivity index is 1.99. The van der Waals surface area contributed by atoms with Crippen molar-refractivity contribution in [2.24, 2.45) is 0 Å². The van der Waals surface area contributed by atoms with Crippen molar-refractivity contribution in [3.63, 3.8) is 0 Å². The van der Waals surface area contributed by atoms with Crippen LogP contribution in [0.1, 0.15) is 11.1 Å². The lowest BCUT2D eigenvalue weighted by Gasteiger charge is -2.31. The summed E-state index contributed by atoms with van der Waals surface area (Å²) < 4.78 is 33.4. The van der Waals surface area contributed by atoms with E-state index in [-0.39, 0.29) is 11.3 Å². The van der Waals surface area contributed by atoms with Crippen molar-refractivity contribution in [3.05, 3.63) is 92.8 Å². The first-order valence-electron chi connectivity index (χ1n) is 9.47. The molecular weight excluding hydrogens is 471 g/mol. The standard InChI is InChI=1S/C23H18Cl2N2O4S/c1-27-19-10-8-15(24)12-17(19)21(14-6-4-3-5-7-14)22(32(27,29)30)23(28)26-18-13-16(25)9-11-20(18)31-2/h3-13H,1-2H3,(H,26,28). The van der Waals surface area contributed by atoms with Gasteiger partial charge in [0.25, 0.3) is 15.9 Å². The topological polar surface area (TPSA) is 75.7 Å². The third-order valence-electron chi connectivity index (χ3n) is 5.09. The molecule has 0 radical (unpaired) electrons. The summed E-state index contributed by atoms with van der Waals surface area (Å²) in [6, 6.07) is 18.4. The first kappa shape index (κ1) is 22.2. The number of benzene rings is 3. The molecule has 3 aromatic rings. The maximum Gasteiger partial charge on any atom is 0.270 e. The maximum absolute atomic E-state index is 13.5. The average Bonchev–Trinajstić information content (AvgIpc) is 2.76. The quantitative estimate of drug-likeness (QED) is 0.548. The minimum atomic E-state index is -4.19. The first-order valence-corrected chi connectivity index (χ1v) is 11.7. The molecule has 0 unspecified atom stereocenters. The van der Waals surface area contributed by atoms with Gasteiger partial charge in [0.05, 0.1) is 18.5 Å². The molecule has 0 aliphatic carbocycles. The van der Waals surface area contributed by atoms with Crippen molar-refractivity contribution in [3.8, 4) is 5.75 Å². The number of halogens is 2. The fourth-order valence-electron chi connectivity index (χ4n) is 3.58. The Labute approximate surface area is 196 Å². The Kier molecular flexibility index (Phi) is 5.90. The summed E-state index contributed by atoms with van der Waals surface area (Å²) >= 11 is 12.3. The van der Waals surface area contributed by atoms with Crippen molar-refractivity contribution in [2.45, 2.75) is 0 Å². The molecule has 164 valence electrons. The van der Waals surface area contributed by atoms with Gasteiger partial charge in [0.2, 0.25) is 0 Å². The first-order chi connectivity index (χ1) is 15.2. The Hall–Kier alpha value is -3.00. The van der Waals surface area contributed by atoms with Crippen LogP contribution >= 0.6 is 23.2 Å². The molecule has 1 aliphatic rings. The van der Waals surface area contributed by atoms with Gasteiger partial charge in [-0.15, -0.1) is 0 Å². The van der Waals surface area contributed by atoms with Crippen molar-refractivity contribution < 1.29 is 17.9 Å². The predicted octanol–water partition coefficient (Wildman–Crippen LogP) is 5.18. The van der Waals surface area contributed by atoms with E-state index in [9.17, 15) is 13.2 Å². The van der Waals surface area contributed by atoms with E-state index in [2.05, 4.69) is 5.32 Å². The minimum Gasteiger partial charge on any atom is -0.495 e. The highest BCUT2D eigenvalue weighted by Crippen LogP contribution is 2.43. The summed E-state index contributed by atoms with van der Waals surface area (Å²) in [7, 11) is -1.35. The van der Waals surface area contributed by atoms with Gasteiger partial charge in [-0.05, 0) is 42.0 Å². The second kappa shape index (κ2) is 8.50. The molecule has 3 aromatic carbocycles. The van der Waals surface area contributed by atoms with Crippen LogP contribution in [0.2, 0.25) is 10.0 Å². The number of methoxy groups -OCH3 is 1. The highest BCUT2D eigenvalue weighted by atomic mass is 35.5. The van der Waals surface area contributed by atoms with Gasteiger partial charge in [-0.3, -0.25) is 9.10 Å². The van der Waals surface area contributed by atoms with Gasteiger partial charge >= 0.3 is 0 Å². The third kappa shape index (κ3) is 3.83. The monoisotopic (exact) mass is 488 g/mol. The van der Waals surface area contributed by atoms with E-state index in [0.717, 1.165) is 4.31 Å². The molecular formula is C23H18Cl2N2O4S. The lowest BCUT2D eigenvalue weighted by Crippen LogP contribution is -2.37. The van der Waals surface area contributed by atoms with Gasteiger partial charge in [0.15, 0.2) is 4.91 Å². The van der Waals surface area contributed by atoms with Gasteiger partial charge in [-0.2, -0.15) is 0 Å². The van der Waals surface area contributed by atoms with E-state index < -0.39 is 20.8 Å². The van der Waals surface area contributed by atoms with Crippen LogP contribution in [0, 0.1) is 0 Å². The summed E-state index contributed by atoms with van der Waals surface area (Å²) in [6.45, 7) is 0. The molecule has 1 aliphatic heterocycles. The Morgan fingerprint density at radius 2 is 1.62 bits per heavy atom. The van der Waals surface area contributed by atoms with E-state index in [4.69, 9.17) is 27.9 Å². The van der Waals surface area contributed by atoms with Gasteiger partial charge in [-0.1, -0.05) is 53.5 Å². The van der Waals surface area contributed by atoms with E-state index >= 15 is 0 Å². The van der Waals surface area contributed by atoms with Crippen LogP contribution < -0.4 is 14.4 Å². The minimum absolute atomic E-state index is 0.250. The molecule has 0 saturated heterocycles. The number of amides is 1. The summed E-state index contributed by atoms with van der Waals surface area (Å²) in [5, 5.41) is 3.43. The fraction of sp³-hybridized carbons (Fsp3) is 0.0870. The van der Waals surface area contributed by atoms with E-state index in [1.807, 2.05) is 6.07 Å². The number of sulfonamides is 1. The lowest BCUT2D eigenvalue weighted by molar-refractivity contribution is -0.112. The average molecular weight is 489 g/mol. The van der Waals surface area contributed by atoms with E-state index in [1.54, 1.807) is 54.6 Å². The molecule has 4 rings (SSSR count). The molecule has 0 spiro atoms. The van der Waals surface area contributed by atoms with Crippen molar-refractivity contribution >= 4 is 56.1 Å². The number of nitrogens with one attached hydrogen (secondary N) is 1. The van der Waals surface area contributed by atoms with Crippen LogP contribution in [-0.4, -0.2) is 28.5 Å². The normalized spacial score (nSPS) is 14.7. The Morgan fingerprint density at radius 1 is 0.969 bits per heavy atom. The summed E-state index contributed by atoms with van der Waals surface area (Å²) in [6.07, 6.45) is 0. The SMILES string of the molecule is COc1ccc(Cl)cc1NC(=O)C1=C(c2ccccc2)c2cc(Cl)ccc2N(C)S1(=O)=O. The highest BCUT2D eigenvalue weighted by molar-refractivity contribution is 7.97. The number of nitrogens with zero attached hydrogens (tertiary/aromatic N) is 1. The summed E-state index contributed by atoms with van der Waals surface area (Å²) in [5.41, 5.74) is 2.03. The van der Waals surface area contributed by atoms with Crippen LogP contribution in [0.25, 0.3) is 5.57 Å². The predicted molar refractivity (Wildman–Crippen MR) is 128 cm³/mol. The van der Waals surface area contributed by atoms with Gasteiger partial charge in [0.1, 0.15) is 5.75 Å². The van der Waals surface area contributed by atoms with Crippen LogP contribution in [0.4, 0.5) is 11.4 Å². The van der Waals surface area contributed by atoms with Gasteiger partial charge in [-0.25, -0.2) is 8.42 Å². The largest absolute Gasteiger partial charge is 0.495 e. The van der Waals surface area contributed by atoms with Crippen molar-refractivity contribution in [1.82, 2.24) is 0 Å². The number of hydrogen-bond acceptors (Lipinski definition) is 4. The molecule has 0 saturated carbocycles. The second-order valence-electron chi connectivity index (χ2n) is 7.00. The second-order valence-corrected chi connectivity index (χ2v) is 9.78. The molecule has 1 heterocycles. The highest BCUT2D eigenvalue weighted by Gasteiger charge is 2.40. The molecule has 0 atom stereocenters. The number of rotatable bonds is 4. The zero-order chi connectivity index (χ0) is 23.0. The van der Waals surface area contributed by atoms with Crippen LogP contribution in [0.3, 0.4) is 0 Å². The van der Waals surface area contributed by atoms with E-state index in [1.165, 1.54) is 20.2 Å². The Morgan fingerprint density at radius 3 is 2.31 bits per heavy atom. The molecule has 0 aromatic heterocycles. The van der Waals surface area contributed by atoms with Crippen molar-refractivity contribution in [1.29, 1.82) is 0 Å². The number of carbonyl (C=O) groups excluding carboxylic acids is 1. The molecule has 0 fully saturated rings. The molecule has 32 heavy (non-hydrogen) atoms.